The normalized spacial score (nSPS) is 20.0. The lowest BCUT2D eigenvalue weighted by Gasteiger charge is -2.12. The van der Waals surface area contributed by atoms with E-state index in [1.807, 2.05) is 0 Å². The molecule has 1 aromatic carbocycles. The first-order valence-corrected chi connectivity index (χ1v) is 5.09. The number of benzene rings is 1. The van der Waals surface area contributed by atoms with E-state index >= 15 is 0 Å². The van der Waals surface area contributed by atoms with Crippen LogP contribution < -0.4 is 10.2 Å². The van der Waals surface area contributed by atoms with Crippen molar-refractivity contribution in [3.8, 4) is 0 Å². The SMILES string of the molecule is CNCC1CN(c2ccc(F)cc2)C(=O)O1. The highest BCUT2D eigenvalue weighted by molar-refractivity contribution is 5.89. The molecule has 1 unspecified atom stereocenters. The first-order valence-electron chi connectivity index (χ1n) is 5.09. The van der Waals surface area contributed by atoms with E-state index in [9.17, 15) is 9.18 Å². The molecule has 1 aliphatic rings. The first-order chi connectivity index (χ1) is 7.70. The van der Waals surface area contributed by atoms with Crippen molar-refractivity contribution in [3.63, 3.8) is 0 Å². The fraction of sp³-hybridized carbons (Fsp3) is 0.364. The zero-order valence-electron chi connectivity index (χ0n) is 8.94. The summed E-state index contributed by atoms with van der Waals surface area (Å²) in [5, 5.41) is 2.95. The van der Waals surface area contributed by atoms with Gasteiger partial charge < -0.3 is 10.1 Å². The Bertz CT molecular complexity index is 380. The predicted octanol–water partition coefficient (Wildman–Crippen LogP) is 1.37. The molecule has 16 heavy (non-hydrogen) atoms. The number of nitrogens with zero attached hydrogens (tertiary/aromatic N) is 1. The van der Waals surface area contributed by atoms with Crippen molar-refractivity contribution in [2.75, 3.05) is 25.0 Å². The summed E-state index contributed by atoms with van der Waals surface area (Å²) in [7, 11) is 1.80. The third kappa shape index (κ3) is 2.14. The standard InChI is InChI=1S/C11H13FN2O2/c1-13-6-10-7-14(11(15)16-10)9-4-2-8(12)3-5-9/h2-5,10,13H,6-7H2,1H3. The number of ether oxygens (including phenoxy) is 1. The van der Waals surface area contributed by atoms with E-state index in [0.717, 1.165) is 0 Å². The second-order valence-electron chi connectivity index (χ2n) is 3.65. The minimum Gasteiger partial charge on any atom is -0.443 e. The molecular formula is C11H13FN2O2. The lowest BCUT2D eigenvalue weighted by molar-refractivity contribution is 0.141. The Hall–Kier alpha value is -1.62. The van der Waals surface area contributed by atoms with E-state index in [1.165, 1.54) is 17.0 Å². The van der Waals surface area contributed by atoms with Crippen LogP contribution in [0.15, 0.2) is 24.3 Å². The van der Waals surface area contributed by atoms with Gasteiger partial charge in [0.05, 0.1) is 6.54 Å². The van der Waals surface area contributed by atoms with E-state index in [2.05, 4.69) is 5.32 Å². The number of nitrogens with one attached hydrogen (secondary N) is 1. The monoisotopic (exact) mass is 224 g/mol. The number of cyclic esters (lactones) is 1. The van der Waals surface area contributed by atoms with Gasteiger partial charge >= 0.3 is 6.09 Å². The zero-order valence-corrected chi connectivity index (χ0v) is 8.94. The quantitative estimate of drug-likeness (QED) is 0.843. The molecular weight excluding hydrogens is 211 g/mol. The first kappa shape index (κ1) is 10.9. The highest BCUT2D eigenvalue weighted by Gasteiger charge is 2.31. The van der Waals surface area contributed by atoms with Crippen LogP contribution in [0.1, 0.15) is 0 Å². The second kappa shape index (κ2) is 4.49. The van der Waals surface area contributed by atoms with Gasteiger partial charge in [-0.25, -0.2) is 9.18 Å². The topological polar surface area (TPSA) is 41.6 Å². The van der Waals surface area contributed by atoms with Crippen LogP contribution in [0.5, 0.6) is 0 Å². The summed E-state index contributed by atoms with van der Waals surface area (Å²) in [5.41, 5.74) is 0.657. The molecule has 1 N–H and O–H groups in total. The van der Waals surface area contributed by atoms with Crippen LogP contribution in [0, 0.1) is 5.82 Å². The van der Waals surface area contributed by atoms with Gasteiger partial charge in [-0.3, -0.25) is 4.90 Å². The molecule has 0 aliphatic carbocycles. The average molecular weight is 224 g/mol. The third-order valence-corrected chi connectivity index (χ3v) is 2.44. The Morgan fingerprint density at radius 2 is 2.19 bits per heavy atom. The van der Waals surface area contributed by atoms with Crippen LogP contribution in [-0.2, 0) is 4.74 Å². The molecule has 1 atom stereocenters. The number of hydrogen-bond donors (Lipinski definition) is 1. The van der Waals surface area contributed by atoms with Gasteiger partial charge in [0, 0.05) is 12.2 Å². The molecule has 1 saturated heterocycles. The largest absolute Gasteiger partial charge is 0.443 e. The fourth-order valence-corrected chi connectivity index (χ4v) is 1.69. The summed E-state index contributed by atoms with van der Waals surface area (Å²) in [6.45, 7) is 1.11. The number of anilines is 1. The van der Waals surface area contributed by atoms with Crippen molar-refractivity contribution >= 4 is 11.8 Å². The smallest absolute Gasteiger partial charge is 0.414 e. The molecule has 1 heterocycles. The van der Waals surface area contributed by atoms with Gasteiger partial charge in [0.15, 0.2) is 0 Å². The van der Waals surface area contributed by atoms with Crippen molar-refractivity contribution < 1.29 is 13.9 Å². The average Bonchev–Trinajstić information content (AvgIpc) is 2.61. The van der Waals surface area contributed by atoms with Crippen LogP contribution in [0.4, 0.5) is 14.9 Å². The summed E-state index contributed by atoms with van der Waals surface area (Å²) in [6.07, 6.45) is -0.533. The van der Waals surface area contributed by atoms with E-state index in [-0.39, 0.29) is 18.0 Å². The molecule has 0 spiro atoms. The highest BCUT2D eigenvalue weighted by atomic mass is 19.1. The van der Waals surface area contributed by atoms with Crippen LogP contribution in [0.25, 0.3) is 0 Å². The van der Waals surface area contributed by atoms with Gasteiger partial charge in [-0.15, -0.1) is 0 Å². The number of carbonyl (C=O) groups excluding carboxylic acids is 1. The van der Waals surface area contributed by atoms with Gasteiger partial charge in [-0.05, 0) is 31.3 Å². The summed E-state index contributed by atoms with van der Waals surface area (Å²) < 4.78 is 17.9. The summed E-state index contributed by atoms with van der Waals surface area (Å²) >= 11 is 0. The highest BCUT2D eigenvalue weighted by Crippen LogP contribution is 2.21. The Labute approximate surface area is 93.0 Å². The Balaban J connectivity index is 2.10. The number of carbonyl (C=O) groups is 1. The van der Waals surface area contributed by atoms with Crippen molar-refractivity contribution in [1.82, 2.24) is 5.32 Å². The number of halogens is 1. The molecule has 4 nitrogen and oxygen atoms in total. The summed E-state index contributed by atoms with van der Waals surface area (Å²) in [6, 6.07) is 5.79. The van der Waals surface area contributed by atoms with Crippen molar-refractivity contribution in [2.45, 2.75) is 6.10 Å². The predicted molar refractivity (Wildman–Crippen MR) is 57.9 cm³/mol. The maximum Gasteiger partial charge on any atom is 0.414 e. The molecule has 1 aliphatic heterocycles. The Morgan fingerprint density at radius 1 is 1.50 bits per heavy atom. The number of amides is 1. The van der Waals surface area contributed by atoms with E-state index in [0.29, 0.717) is 18.8 Å². The number of hydrogen-bond acceptors (Lipinski definition) is 3. The van der Waals surface area contributed by atoms with Crippen LogP contribution in [0.2, 0.25) is 0 Å². The van der Waals surface area contributed by atoms with E-state index in [1.54, 1.807) is 19.2 Å². The lowest BCUT2D eigenvalue weighted by atomic mass is 10.2. The van der Waals surface area contributed by atoms with Gasteiger partial charge in [-0.1, -0.05) is 0 Å². The van der Waals surface area contributed by atoms with Gasteiger partial charge in [0.25, 0.3) is 0 Å². The molecule has 1 fully saturated rings. The van der Waals surface area contributed by atoms with Gasteiger partial charge in [0.1, 0.15) is 11.9 Å². The molecule has 0 bridgehead atoms. The van der Waals surface area contributed by atoms with Crippen LogP contribution in [-0.4, -0.2) is 32.3 Å². The maximum atomic E-state index is 12.7. The molecule has 1 aromatic rings. The van der Waals surface area contributed by atoms with Crippen LogP contribution in [0.3, 0.4) is 0 Å². The van der Waals surface area contributed by atoms with Crippen molar-refractivity contribution in [2.24, 2.45) is 0 Å². The molecule has 86 valence electrons. The van der Waals surface area contributed by atoms with Crippen molar-refractivity contribution in [1.29, 1.82) is 0 Å². The number of rotatable bonds is 3. The fourth-order valence-electron chi connectivity index (χ4n) is 1.69. The Morgan fingerprint density at radius 3 is 2.81 bits per heavy atom. The minimum absolute atomic E-state index is 0.150. The molecule has 0 saturated carbocycles. The van der Waals surface area contributed by atoms with Gasteiger partial charge in [-0.2, -0.15) is 0 Å². The molecule has 2 rings (SSSR count). The molecule has 5 heteroatoms. The molecule has 0 aromatic heterocycles. The Kier molecular flexibility index (Phi) is 3.05. The number of likely N-dealkylation sites (N-methyl/N-ethyl adjacent to an activating group) is 1. The van der Waals surface area contributed by atoms with E-state index in [4.69, 9.17) is 4.74 Å². The molecule has 0 radical (unpaired) electrons. The lowest BCUT2D eigenvalue weighted by Crippen LogP contribution is -2.28. The minimum atomic E-state index is -0.383. The summed E-state index contributed by atoms with van der Waals surface area (Å²) in [4.78, 5) is 13.0. The third-order valence-electron chi connectivity index (χ3n) is 2.44. The van der Waals surface area contributed by atoms with E-state index < -0.39 is 0 Å². The zero-order chi connectivity index (χ0) is 11.5. The second-order valence-corrected chi connectivity index (χ2v) is 3.65. The van der Waals surface area contributed by atoms with Crippen LogP contribution >= 0.6 is 0 Å². The van der Waals surface area contributed by atoms with Gasteiger partial charge in [0.2, 0.25) is 0 Å². The maximum absolute atomic E-state index is 12.7. The summed E-state index contributed by atoms with van der Waals surface area (Å²) in [5.74, 6) is -0.317. The molecule has 1 amide bonds. The van der Waals surface area contributed by atoms with Crippen molar-refractivity contribution in [3.05, 3.63) is 30.1 Å².